The summed E-state index contributed by atoms with van der Waals surface area (Å²) in [6, 6.07) is 6.65. The van der Waals surface area contributed by atoms with Gasteiger partial charge in [-0.3, -0.25) is 4.79 Å². The quantitative estimate of drug-likeness (QED) is 0.910. The maximum Gasteiger partial charge on any atom is 0.256 e. The molecule has 2 fully saturated rings. The number of rotatable bonds is 4. The summed E-state index contributed by atoms with van der Waals surface area (Å²) in [5.74, 6) is 0.973. The fraction of sp³-hybridized carbons (Fsp3) is 0.588. The van der Waals surface area contributed by atoms with Gasteiger partial charge in [0.05, 0.1) is 5.56 Å². The lowest BCUT2D eigenvalue weighted by atomic mass is 10.1. The largest absolute Gasteiger partial charge is 0.384 e. The van der Waals surface area contributed by atoms with E-state index in [1.807, 2.05) is 12.1 Å². The Morgan fingerprint density at radius 1 is 1.40 bits per heavy atom. The lowest BCUT2D eigenvalue weighted by molar-refractivity contribution is 0.0704. The summed E-state index contributed by atoms with van der Waals surface area (Å²) in [5.41, 5.74) is 3.00. The van der Waals surface area contributed by atoms with E-state index in [1.54, 1.807) is 0 Å². The van der Waals surface area contributed by atoms with Crippen molar-refractivity contribution in [2.24, 2.45) is 5.92 Å². The number of fused-ring (bicyclic) bond motifs is 2. The molecule has 3 rings (SSSR count). The molecule has 0 aromatic heterocycles. The molecule has 1 amide bonds. The Balaban J connectivity index is 1.84. The molecule has 1 saturated heterocycles. The third kappa shape index (κ3) is 2.41. The summed E-state index contributed by atoms with van der Waals surface area (Å²) < 4.78 is 0. The van der Waals surface area contributed by atoms with Gasteiger partial charge in [-0.25, -0.2) is 0 Å². The summed E-state index contributed by atoms with van der Waals surface area (Å²) in [5, 5.41) is 3.39. The fourth-order valence-electron chi connectivity index (χ4n) is 3.58. The Morgan fingerprint density at radius 3 is 2.90 bits per heavy atom. The normalized spacial score (nSPS) is 24.2. The van der Waals surface area contributed by atoms with E-state index in [1.165, 1.54) is 19.3 Å². The minimum atomic E-state index is 0.222. The second-order valence-corrected chi connectivity index (χ2v) is 6.27. The van der Waals surface area contributed by atoms with Gasteiger partial charge in [-0.2, -0.15) is 0 Å². The number of anilines is 1. The summed E-state index contributed by atoms with van der Waals surface area (Å²) in [6.07, 6.45) is 4.79. The highest BCUT2D eigenvalue weighted by Gasteiger charge is 2.40. The van der Waals surface area contributed by atoms with E-state index in [2.05, 4.69) is 30.1 Å². The van der Waals surface area contributed by atoms with Crippen molar-refractivity contribution >= 4 is 11.6 Å². The maximum atomic E-state index is 12.9. The van der Waals surface area contributed by atoms with E-state index < -0.39 is 0 Å². The number of hydrogen-bond acceptors (Lipinski definition) is 2. The molecule has 1 saturated carbocycles. The zero-order chi connectivity index (χ0) is 14.1. The van der Waals surface area contributed by atoms with Gasteiger partial charge < -0.3 is 10.2 Å². The predicted molar refractivity (Wildman–Crippen MR) is 82.1 cm³/mol. The molecule has 1 heterocycles. The molecule has 0 spiro atoms. The molecule has 1 N–H and O–H groups in total. The van der Waals surface area contributed by atoms with Crippen LogP contribution >= 0.6 is 0 Å². The third-order valence-electron chi connectivity index (χ3n) is 4.64. The molecule has 1 aliphatic heterocycles. The van der Waals surface area contributed by atoms with Crippen LogP contribution < -0.4 is 5.32 Å². The van der Waals surface area contributed by atoms with Gasteiger partial charge in [0.2, 0.25) is 0 Å². The zero-order valence-electron chi connectivity index (χ0n) is 12.5. The number of nitrogens with one attached hydrogen (secondary N) is 1. The van der Waals surface area contributed by atoms with Crippen LogP contribution in [0.1, 0.15) is 48.5 Å². The summed E-state index contributed by atoms with van der Waals surface area (Å²) in [6.45, 7) is 6.07. The molecule has 1 aromatic carbocycles. The number of piperidine rings is 1. The number of nitrogens with zero attached hydrogens (tertiary/aromatic N) is 1. The van der Waals surface area contributed by atoms with Gasteiger partial charge in [-0.05, 0) is 50.7 Å². The minimum absolute atomic E-state index is 0.222. The van der Waals surface area contributed by atoms with Gasteiger partial charge >= 0.3 is 0 Å². The van der Waals surface area contributed by atoms with Gasteiger partial charge in [0.1, 0.15) is 0 Å². The molecule has 2 aliphatic rings. The molecular weight excluding hydrogens is 248 g/mol. The molecular formula is C17H24N2O. The lowest BCUT2D eigenvalue weighted by Gasteiger charge is -2.28. The monoisotopic (exact) mass is 272 g/mol. The van der Waals surface area contributed by atoms with Crippen LogP contribution in [0.15, 0.2) is 18.2 Å². The minimum Gasteiger partial charge on any atom is -0.384 e. The maximum absolute atomic E-state index is 12.9. The first-order chi connectivity index (χ1) is 9.69. The molecule has 108 valence electrons. The van der Waals surface area contributed by atoms with Crippen molar-refractivity contribution in [3.8, 4) is 0 Å². The smallest absolute Gasteiger partial charge is 0.256 e. The van der Waals surface area contributed by atoms with E-state index in [-0.39, 0.29) is 5.91 Å². The van der Waals surface area contributed by atoms with Gasteiger partial charge in [0.25, 0.3) is 5.91 Å². The Morgan fingerprint density at radius 2 is 2.25 bits per heavy atom. The van der Waals surface area contributed by atoms with Crippen molar-refractivity contribution in [3.63, 3.8) is 0 Å². The highest BCUT2D eigenvalue weighted by Crippen LogP contribution is 2.38. The molecule has 3 nitrogen and oxygen atoms in total. The van der Waals surface area contributed by atoms with E-state index in [9.17, 15) is 4.79 Å². The number of aryl methyl sites for hydroxylation is 1. The van der Waals surface area contributed by atoms with Crippen LogP contribution in [0.5, 0.6) is 0 Å². The van der Waals surface area contributed by atoms with Crippen LogP contribution in [0.4, 0.5) is 5.69 Å². The van der Waals surface area contributed by atoms with E-state index in [0.29, 0.717) is 6.04 Å². The Labute approximate surface area is 121 Å². The number of benzene rings is 1. The highest BCUT2D eigenvalue weighted by atomic mass is 16.2. The third-order valence-corrected chi connectivity index (χ3v) is 4.64. The molecule has 20 heavy (non-hydrogen) atoms. The van der Waals surface area contributed by atoms with Crippen molar-refractivity contribution in [1.29, 1.82) is 0 Å². The van der Waals surface area contributed by atoms with Crippen molar-refractivity contribution in [1.82, 2.24) is 4.90 Å². The average Bonchev–Trinajstić information content (AvgIpc) is 3.08. The fourth-order valence-corrected chi connectivity index (χ4v) is 3.58. The Bertz CT molecular complexity index is 512. The molecule has 1 aliphatic carbocycles. The van der Waals surface area contributed by atoms with Crippen molar-refractivity contribution < 1.29 is 4.79 Å². The molecule has 0 radical (unpaired) electrons. The van der Waals surface area contributed by atoms with E-state index >= 15 is 0 Å². The average molecular weight is 272 g/mol. The van der Waals surface area contributed by atoms with Crippen molar-refractivity contribution in [2.75, 3.05) is 18.4 Å². The Hall–Kier alpha value is -1.51. The molecule has 2 atom stereocenters. The number of hydrogen-bond donors (Lipinski definition) is 1. The lowest BCUT2D eigenvalue weighted by Crippen LogP contribution is -2.38. The van der Waals surface area contributed by atoms with Crippen LogP contribution in [0.2, 0.25) is 0 Å². The molecule has 1 aromatic rings. The second-order valence-electron chi connectivity index (χ2n) is 6.27. The topological polar surface area (TPSA) is 32.3 Å². The van der Waals surface area contributed by atoms with Crippen LogP contribution in [-0.4, -0.2) is 29.9 Å². The van der Waals surface area contributed by atoms with Gasteiger partial charge in [-0.15, -0.1) is 0 Å². The van der Waals surface area contributed by atoms with Crippen LogP contribution in [0.3, 0.4) is 0 Å². The van der Waals surface area contributed by atoms with Crippen LogP contribution in [-0.2, 0) is 0 Å². The van der Waals surface area contributed by atoms with E-state index in [0.717, 1.165) is 42.2 Å². The highest BCUT2D eigenvalue weighted by molar-refractivity contribution is 6.00. The summed E-state index contributed by atoms with van der Waals surface area (Å²) in [7, 11) is 0. The number of likely N-dealkylation sites (tertiary alicyclic amines) is 1. The number of amides is 1. The van der Waals surface area contributed by atoms with Crippen LogP contribution in [0.25, 0.3) is 0 Å². The standard InChI is InChI=1S/C17H24N2O/c1-3-8-18-16-7-4-12(2)9-15(16)17(20)19-11-13-5-6-14(19)10-13/h4,7,9,13-14,18H,3,5-6,8,10-11H2,1-2H3. The molecule has 2 unspecified atom stereocenters. The molecule has 3 heteroatoms. The molecule has 2 bridgehead atoms. The van der Waals surface area contributed by atoms with Crippen LogP contribution in [0, 0.1) is 12.8 Å². The summed E-state index contributed by atoms with van der Waals surface area (Å²) in [4.78, 5) is 15.0. The van der Waals surface area contributed by atoms with Crippen molar-refractivity contribution in [3.05, 3.63) is 29.3 Å². The SMILES string of the molecule is CCCNc1ccc(C)cc1C(=O)N1CC2CCC1C2. The summed E-state index contributed by atoms with van der Waals surface area (Å²) >= 11 is 0. The first kappa shape index (κ1) is 13.5. The van der Waals surface area contributed by atoms with Gasteiger partial charge in [0.15, 0.2) is 0 Å². The predicted octanol–water partition coefficient (Wildman–Crippen LogP) is 3.44. The first-order valence-electron chi connectivity index (χ1n) is 7.84. The zero-order valence-corrected chi connectivity index (χ0v) is 12.5. The number of carbonyl (C=O) groups is 1. The van der Waals surface area contributed by atoms with Gasteiger partial charge in [0, 0.05) is 24.8 Å². The first-order valence-corrected chi connectivity index (χ1v) is 7.84. The number of carbonyl (C=O) groups excluding carboxylic acids is 1. The second kappa shape index (κ2) is 5.47. The van der Waals surface area contributed by atoms with Crippen molar-refractivity contribution in [2.45, 2.75) is 45.6 Å². The van der Waals surface area contributed by atoms with E-state index in [4.69, 9.17) is 0 Å². The van der Waals surface area contributed by atoms with Gasteiger partial charge in [-0.1, -0.05) is 18.6 Å². The Kier molecular flexibility index (Phi) is 3.68.